The molecule has 0 radical (unpaired) electrons. The largest absolute Gasteiger partial charge is 0.478 e. The Morgan fingerprint density at radius 3 is 2.33 bits per heavy atom. The van der Waals surface area contributed by atoms with Crippen molar-refractivity contribution < 1.29 is 24.2 Å². The Kier molecular flexibility index (Phi) is 4.13. The van der Waals surface area contributed by atoms with Crippen LogP contribution in [0, 0.1) is 0 Å². The van der Waals surface area contributed by atoms with Crippen molar-refractivity contribution in [1.82, 2.24) is 0 Å². The average Bonchev–Trinajstić information content (AvgIpc) is 2.53. The number of carbonyl (C=O) groups excluding carboxylic acids is 2. The van der Waals surface area contributed by atoms with Gasteiger partial charge < -0.3 is 9.84 Å². The first-order chi connectivity index (χ1) is 10.1. The van der Waals surface area contributed by atoms with E-state index in [1.807, 2.05) is 0 Å². The summed E-state index contributed by atoms with van der Waals surface area (Å²) < 4.78 is 4.67. The average molecular weight is 284 g/mol. The van der Waals surface area contributed by atoms with Crippen molar-refractivity contribution in [3.8, 4) is 11.1 Å². The van der Waals surface area contributed by atoms with E-state index in [2.05, 4.69) is 4.74 Å². The first-order valence-electron chi connectivity index (χ1n) is 6.09. The van der Waals surface area contributed by atoms with Crippen molar-refractivity contribution in [2.45, 2.75) is 0 Å². The van der Waals surface area contributed by atoms with Gasteiger partial charge in [-0.05, 0) is 17.2 Å². The fourth-order valence-corrected chi connectivity index (χ4v) is 2.12. The number of hydrogen-bond donors (Lipinski definition) is 1. The number of rotatable bonds is 4. The Morgan fingerprint density at radius 2 is 1.71 bits per heavy atom. The highest BCUT2D eigenvalue weighted by atomic mass is 16.5. The number of methoxy groups -OCH3 is 1. The quantitative estimate of drug-likeness (QED) is 0.689. The summed E-state index contributed by atoms with van der Waals surface area (Å²) in [6.45, 7) is 0. The van der Waals surface area contributed by atoms with Gasteiger partial charge >= 0.3 is 11.9 Å². The molecule has 2 aromatic carbocycles. The smallest absolute Gasteiger partial charge is 0.339 e. The summed E-state index contributed by atoms with van der Waals surface area (Å²) >= 11 is 0. The number of carbonyl (C=O) groups is 3. The maximum Gasteiger partial charge on any atom is 0.339 e. The van der Waals surface area contributed by atoms with Gasteiger partial charge in [0.2, 0.25) is 0 Å². The lowest BCUT2D eigenvalue weighted by atomic mass is 9.92. The minimum atomic E-state index is -1.24. The lowest BCUT2D eigenvalue weighted by molar-refractivity contribution is 0.0583. The molecule has 0 aliphatic rings. The molecule has 0 atom stereocenters. The minimum absolute atomic E-state index is 0.0678. The molecule has 0 fully saturated rings. The van der Waals surface area contributed by atoms with Crippen LogP contribution in [0.3, 0.4) is 0 Å². The molecule has 21 heavy (non-hydrogen) atoms. The van der Waals surface area contributed by atoms with E-state index in [-0.39, 0.29) is 11.1 Å². The number of carboxylic acids is 1. The number of benzene rings is 2. The normalized spacial score (nSPS) is 9.95. The third kappa shape index (κ3) is 2.67. The summed E-state index contributed by atoms with van der Waals surface area (Å²) in [4.78, 5) is 34.4. The van der Waals surface area contributed by atoms with Crippen molar-refractivity contribution in [1.29, 1.82) is 0 Å². The maximum atomic E-state index is 12.0. The Hall–Kier alpha value is -2.95. The third-order valence-corrected chi connectivity index (χ3v) is 3.06. The molecule has 1 N–H and O–H groups in total. The second-order valence-corrected chi connectivity index (χ2v) is 4.23. The summed E-state index contributed by atoms with van der Waals surface area (Å²) in [6, 6.07) is 11.1. The van der Waals surface area contributed by atoms with Crippen LogP contribution < -0.4 is 0 Å². The molecule has 0 spiro atoms. The number of aldehydes is 1. The molecular weight excluding hydrogens is 272 g/mol. The highest BCUT2D eigenvalue weighted by Gasteiger charge is 2.22. The minimum Gasteiger partial charge on any atom is -0.478 e. The molecule has 2 aromatic rings. The molecular formula is C16H12O5. The van der Waals surface area contributed by atoms with Gasteiger partial charge in [-0.25, -0.2) is 9.59 Å². The van der Waals surface area contributed by atoms with Crippen LogP contribution in [-0.2, 0) is 4.74 Å². The Bertz CT molecular complexity index is 718. The lowest BCUT2D eigenvalue weighted by Crippen LogP contribution is -2.12. The van der Waals surface area contributed by atoms with Crippen LogP contribution in [0.15, 0.2) is 42.5 Å². The molecule has 0 heterocycles. The summed E-state index contributed by atoms with van der Waals surface area (Å²) in [5, 5.41) is 9.23. The fourth-order valence-electron chi connectivity index (χ4n) is 2.12. The van der Waals surface area contributed by atoms with Gasteiger partial charge in [0.25, 0.3) is 0 Å². The van der Waals surface area contributed by atoms with E-state index >= 15 is 0 Å². The van der Waals surface area contributed by atoms with Crippen LogP contribution in [0.2, 0.25) is 0 Å². The molecule has 5 nitrogen and oxygen atoms in total. The third-order valence-electron chi connectivity index (χ3n) is 3.06. The molecule has 0 aliphatic carbocycles. The SMILES string of the molecule is COC(=O)c1c(C(=O)O)cccc1-c1ccccc1C=O. The standard InChI is InChI=1S/C16H12O5/c1-21-16(20)14-12(7-4-8-13(14)15(18)19)11-6-3-2-5-10(11)9-17/h2-9H,1H3,(H,18,19). The van der Waals surface area contributed by atoms with E-state index in [1.54, 1.807) is 30.3 Å². The van der Waals surface area contributed by atoms with E-state index in [0.29, 0.717) is 23.0 Å². The zero-order valence-corrected chi connectivity index (χ0v) is 11.2. The van der Waals surface area contributed by atoms with Gasteiger partial charge in [0.1, 0.15) is 0 Å². The van der Waals surface area contributed by atoms with Gasteiger partial charge in [-0.15, -0.1) is 0 Å². The second-order valence-electron chi connectivity index (χ2n) is 4.23. The zero-order valence-electron chi connectivity index (χ0n) is 11.2. The molecule has 0 aromatic heterocycles. The topological polar surface area (TPSA) is 80.7 Å². The fraction of sp³-hybridized carbons (Fsp3) is 0.0625. The number of ether oxygens (including phenoxy) is 1. The van der Waals surface area contributed by atoms with Crippen molar-refractivity contribution >= 4 is 18.2 Å². The zero-order chi connectivity index (χ0) is 15.4. The summed E-state index contributed by atoms with van der Waals surface area (Å²) in [5.74, 6) is -2.00. The number of aromatic carboxylic acids is 1. The van der Waals surface area contributed by atoms with Crippen LogP contribution in [0.4, 0.5) is 0 Å². The van der Waals surface area contributed by atoms with Crippen LogP contribution in [0.25, 0.3) is 11.1 Å². The Morgan fingerprint density at radius 1 is 1.05 bits per heavy atom. The first-order valence-corrected chi connectivity index (χ1v) is 6.09. The lowest BCUT2D eigenvalue weighted by Gasteiger charge is -2.12. The van der Waals surface area contributed by atoms with Crippen LogP contribution in [-0.4, -0.2) is 30.4 Å². The number of esters is 1. The molecule has 2 rings (SSSR count). The first kappa shape index (κ1) is 14.5. The predicted octanol–water partition coefficient (Wildman–Crippen LogP) is 2.65. The molecule has 0 unspecified atom stereocenters. The van der Waals surface area contributed by atoms with Crippen molar-refractivity contribution in [3.05, 3.63) is 59.2 Å². The van der Waals surface area contributed by atoms with Crippen molar-refractivity contribution in [2.24, 2.45) is 0 Å². The monoisotopic (exact) mass is 284 g/mol. The number of carboxylic acid groups (broad SMARTS) is 1. The van der Waals surface area contributed by atoms with Crippen LogP contribution in [0.5, 0.6) is 0 Å². The summed E-state index contributed by atoms with van der Waals surface area (Å²) in [6.07, 6.45) is 0.657. The summed E-state index contributed by atoms with van der Waals surface area (Å²) in [7, 11) is 1.18. The van der Waals surface area contributed by atoms with Crippen LogP contribution >= 0.6 is 0 Å². The molecule has 0 bridgehead atoms. The van der Waals surface area contributed by atoms with Crippen molar-refractivity contribution in [2.75, 3.05) is 7.11 Å². The highest BCUT2D eigenvalue weighted by molar-refractivity contribution is 6.08. The number of hydrogen-bond acceptors (Lipinski definition) is 4. The van der Waals surface area contributed by atoms with E-state index in [1.165, 1.54) is 19.2 Å². The molecule has 0 saturated heterocycles. The molecule has 0 amide bonds. The maximum absolute atomic E-state index is 12.0. The van der Waals surface area contributed by atoms with Crippen LogP contribution in [0.1, 0.15) is 31.1 Å². The Labute approximate surface area is 120 Å². The van der Waals surface area contributed by atoms with Gasteiger partial charge in [-0.2, -0.15) is 0 Å². The predicted molar refractivity (Wildman–Crippen MR) is 75.6 cm³/mol. The van der Waals surface area contributed by atoms with E-state index in [0.717, 1.165) is 0 Å². The van der Waals surface area contributed by atoms with E-state index in [9.17, 15) is 19.5 Å². The van der Waals surface area contributed by atoms with Crippen molar-refractivity contribution in [3.63, 3.8) is 0 Å². The second kappa shape index (κ2) is 6.00. The highest BCUT2D eigenvalue weighted by Crippen LogP contribution is 2.29. The van der Waals surface area contributed by atoms with Gasteiger partial charge in [-0.1, -0.05) is 36.4 Å². The molecule has 5 heteroatoms. The van der Waals surface area contributed by atoms with E-state index < -0.39 is 11.9 Å². The molecule has 0 aliphatic heterocycles. The van der Waals surface area contributed by atoms with Gasteiger partial charge in [-0.3, -0.25) is 4.79 Å². The molecule has 106 valence electrons. The van der Waals surface area contributed by atoms with Gasteiger partial charge in [0.15, 0.2) is 6.29 Å². The summed E-state index contributed by atoms with van der Waals surface area (Å²) in [5.41, 5.74) is 0.965. The molecule has 0 saturated carbocycles. The van der Waals surface area contributed by atoms with Gasteiger partial charge in [0.05, 0.1) is 18.2 Å². The Balaban J connectivity index is 2.80. The van der Waals surface area contributed by atoms with E-state index in [4.69, 9.17) is 0 Å². The van der Waals surface area contributed by atoms with Gasteiger partial charge in [0, 0.05) is 5.56 Å².